The third-order valence-corrected chi connectivity index (χ3v) is 3.60. The standard InChI is InChI=1S/C12H14F2N2O3/c13-12(14)5-3-11(15,4-6-12)9-7-8(16(18)19)1-2-10(9)17/h1-2,7,17H,3-6,15H2. The Morgan fingerprint density at radius 3 is 2.37 bits per heavy atom. The lowest BCUT2D eigenvalue weighted by atomic mass is 9.75. The highest BCUT2D eigenvalue weighted by atomic mass is 19.3. The summed E-state index contributed by atoms with van der Waals surface area (Å²) in [6.07, 6.45) is -0.805. The Morgan fingerprint density at radius 2 is 1.84 bits per heavy atom. The molecule has 2 rings (SSSR count). The van der Waals surface area contributed by atoms with Gasteiger partial charge in [0.1, 0.15) is 5.75 Å². The molecule has 0 heterocycles. The number of rotatable bonds is 2. The second kappa shape index (κ2) is 4.41. The minimum absolute atomic E-state index is 0.0191. The quantitative estimate of drug-likeness (QED) is 0.639. The zero-order chi connectivity index (χ0) is 14.3. The van der Waals surface area contributed by atoms with Gasteiger partial charge in [-0.15, -0.1) is 0 Å². The van der Waals surface area contributed by atoms with Crippen LogP contribution in [0.15, 0.2) is 18.2 Å². The van der Waals surface area contributed by atoms with Crippen molar-refractivity contribution in [2.24, 2.45) is 5.73 Å². The molecular weight excluding hydrogens is 258 g/mol. The summed E-state index contributed by atoms with van der Waals surface area (Å²) in [5.74, 6) is -2.95. The van der Waals surface area contributed by atoms with Gasteiger partial charge in [0.15, 0.2) is 0 Å². The van der Waals surface area contributed by atoms with Crippen molar-refractivity contribution in [2.45, 2.75) is 37.1 Å². The van der Waals surface area contributed by atoms with E-state index in [0.717, 1.165) is 6.07 Å². The number of alkyl halides is 2. The van der Waals surface area contributed by atoms with E-state index >= 15 is 0 Å². The molecule has 1 aliphatic carbocycles. The predicted molar refractivity (Wildman–Crippen MR) is 64.0 cm³/mol. The van der Waals surface area contributed by atoms with Crippen LogP contribution >= 0.6 is 0 Å². The van der Waals surface area contributed by atoms with Gasteiger partial charge < -0.3 is 10.8 Å². The Labute approximate surface area is 108 Å². The topological polar surface area (TPSA) is 89.4 Å². The summed E-state index contributed by atoms with van der Waals surface area (Å²) in [6, 6.07) is 3.49. The summed E-state index contributed by atoms with van der Waals surface area (Å²) in [7, 11) is 0. The molecule has 7 heteroatoms. The fourth-order valence-corrected chi connectivity index (χ4v) is 2.37. The van der Waals surface area contributed by atoms with Crippen molar-refractivity contribution >= 4 is 5.69 Å². The van der Waals surface area contributed by atoms with Gasteiger partial charge in [-0.25, -0.2) is 8.78 Å². The van der Waals surface area contributed by atoms with Gasteiger partial charge in [0.2, 0.25) is 5.92 Å². The lowest BCUT2D eigenvalue weighted by molar-refractivity contribution is -0.385. The second-order valence-corrected chi connectivity index (χ2v) is 4.97. The van der Waals surface area contributed by atoms with Crippen LogP contribution in [-0.2, 0) is 5.54 Å². The maximum absolute atomic E-state index is 13.1. The van der Waals surface area contributed by atoms with Gasteiger partial charge in [-0.05, 0) is 18.9 Å². The lowest BCUT2D eigenvalue weighted by Crippen LogP contribution is -2.43. The van der Waals surface area contributed by atoms with Crippen LogP contribution in [0.2, 0.25) is 0 Å². The number of non-ortho nitro benzene ring substituents is 1. The first-order chi connectivity index (χ1) is 8.73. The molecule has 0 saturated heterocycles. The van der Waals surface area contributed by atoms with Gasteiger partial charge >= 0.3 is 0 Å². The van der Waals surface area contributed by atoms with Gasteiger partial charge in [0.25, 0.3) is 5.69 Å². The SMILES string of the molecule is NC1(c2cc([N+](=O)[O-])ccc2O)CCC(F)(F)CC1. The number of nitro benzene ring substituents is 1. The molecule has 1 aliphatic rings. The molecule has 1 saturated carbocycles. The average Bonchev–Trinajstić information content (AvgIpc) is 2.33. The number of hydrogen-bond acceptors (Lipinski definition) is 4. The maximum Gasteiger partial charge on any atom is 0.270 e. The Morgan fingerprint density at radius 1 is 1.26 bits per heavy atom. The molecule has 0 radical (unpaired) electrons. The zero-order valence-corrected chi connectivity index (χ0v) is 10.1. The summed E-state index contributed by atoms with van der Waals surface area (Å²) in [5, 5.41) is 20.5. The van der Waals surface area contributed by atoms with E-state index in [1.54, 1.807) is 0 Å². The number of phenols is 1. The molecular formula is C12H14F2N2O3. The molecule has 0 aliphatic heterocycles. The Hall–Kier alpha value is -1.76. The first kappa shape index (κ1) is 13.7. The summed E-state index contributed by atoms with van der Waals surface area (Å²) in [5.41, 5.74) is 4.87. The minimum Gasteiger partial charge on any atom is -0.508 e. The van der Waals surface area contributed by atoms with E-state index in [9.17, 15) is 24.0 Å². The Bertz CT molecular complexity index is 510. The summed E-state index contributed by atoms with van der Waals surface area (Å²) >= 11 is 0. The van der Waals surface area contributed by atoms with Crippen LogP contribution in [0.5, 0.6) is 5.75 Å². The van der Waals surface area contributed by atoms with Crippen molar-refractivity contribution in [3.8, 4) is 5.75 Å². The van der Waals surface area contributed by atoms with Crippen LogP contribution in [0.1, 0.15) is 31.2 Å². The molecule has 0 atom stereocenters. The van der Waals surface area contributed by atoms with Gasteiger partial charge in [-0.3, -0.25) is 10.1 Å². The molecule has 0 aromatic heterocycles. The van der Waals surface area contributed by atoms with Crippen LogP contribution in [0, 0.1) is 10.1 Å². The van der Waals surface area contributed by atoms with Crippen molar-refractivity contribution < 1.29 is 18.8 Å². The van der Waals surface area contributed by atoms with Crippen molar-refractivity contribution in [1.82, 2.24) is 0 Å². The predicted octanol–water partition coefficient (Wildman–Crippen LogP) is 2.66. The number of nitro groups is 1. The third kappa shape index (κ3) is 2.65. The summed E-state index contributed by atoms with van der Waals surface area (Å²) < 4.78 is 26.3. The molecule has 0 bridgehead atoms. The highest BCUT2D eigenvalue weighted by Gasteiger charge is 2.43. The van der Waals surface area contributed by atoms with Crippen LogP contribution in [0.25, 0.3) is 0 Å². The number of benzene rings is 1. The number of hydrogen-bond donors (Lipinski definition) is 2. The summed E-state index contributed by atoms with van der Waals surface area (Å²) in [4.78, 5) is 10.1. The average molecular weight is 272 g/mol. The molecule has 104 valence electrons. The molecule has 1 aromatic rings. The summed E-state index contributed by atoms with van der Waals surface area (Å²) in [6.45, 7) is 0. The zero-order valence-electron chi connectivity index (χ0n) is 10.1. The number of nitrogens with two attached hydrogens (primary N) is 1. The maximum atomic E-state index is 13.1. The van der Waals surface area contributed by atoms with E-state index in [4.69, 9.17) is 5.73 Å². The first-order valence-corrected chi connectivity index (χ1v) is 5.88. The minimum atomic E-state index is -2.75. The van der Waals surface area contributed by atoms with Crippen LogP contribution in [-0.4, -0.2) is 16.0 Å². The van der Waals surface area contributed by atoms with Crippen LogP contribution in [0.3, 0.4) is 0 Å². The number of halogens is 2. The van der Waals surface area contributed by atoms with E-state index in [2.05, 4.69) is 0 Å². The number of aromatic hydroxyl groups is 1. The second-order valence-electron chi connectivity index (χ2n) is 4.97. The highest BCUT2D eigenvalue weighted by molar-refractivity contribution is 5.46. The third-order valence-electron chi connectivity index (χ3n) is 3.60. The van der Waals surface area contributed by atoms with Gasteiger partial charge in [0.05, 0.1) is 4.92 Å². The van der Waals surface area contributed by atoms with Crippen molar-refractivity contribution in [2.75, 3.05) is 0 Å². The van der Waals surface area contributed by atoms with Gasteiger partial charge in [-0.1, -0.05) is 0 Å². The van der Waals surface area contributed by atoms with E-state index in [-0.39, 0.29) is 42.7 Å². The fourth-order valence-electron chi connectivity index (χ4n) is 2.37. The monoisotopic (exact) mass is 272 g/mol. The largest absolute Gasteiger partial charge is 0.508 e. The highest BCUT2D eigenvalue weighted by Crippen LogP contribution is 2.45. The van der Waals surface area contributed by atoms with E-state index < -0.39 is 16.4 Å². The van der Waals surface area contributed by atoms with E-state index in [0.29, 0.717) is 0 Å². The van der Waals surface area contributed by atoms with E-state index in [1.807, 2.05) is 0 Å². The number of phenolic OH excluding ortho intramolecular Hbond substituents is 1. The first-order valence-electron chi connectivity index (χ1n) is 5.88. The lowest BCUT2D eigenvalue weighted by Gasteiger charge is -2.37. The van der Waals surface area contributed by atoms with Crippen LogP contribution < -0.4 is 5.73 Å². The Balaban J connectivity index is 2.35. The molecule has 0 spiro atoms. The molecule has 0 amide bonds. The van der Waals surface area contributed by atoms with Crippen LogP contribution in [0.4, 0.5) is 14.5 Å². The molecule has 19 heavy (non-hydrogen) atoms. The fraction of sp³-hybridized carbons (Fsp3) is 0.500. The molecule has 3 N–H and O–H groups in total. The smallest absolute Gasteiger partial charge is 0.270 e. The number of nitrogens with zero attached hydrogens (tertiary/aromatic N) is 1. The Kier molecular flexibility index (Phi) is 3.17. The van der Waals surface area contributed by atoms with Crippen molar-refractivity contribution in [3.63, 3.8) is 0 Å². The molecule has 1 fully saturated rings. The van der Waals surface area contributed by atoms with Crippen molar-refractivity contribution in [1.29, 1.82) is 0 Å². The van der Waals surface area contributed by atoms with Crippen molar-refractivity contribution in [3.05, 3.63) is 33.9 Å². The normalized spacial score (nSPS) is 21.0. The molecule has 1 aromatic carbocycles. The molecule has 0 unspecified atom stereocenters. The van der Waals surface area contributed by atoms with Gasteiger partial charge in [0, 0.05) is 36.1 Å². The van der Waals surface area contributed by atoms with E-state index in [1.165, 1.54) is 12.1 Å². The van der Waals surface area contributed by atoms with Gasteiger partial charge in [-0.2, -0.15) is 0 Å². The molecule has 5 nitrogen and oxygen atoms in total.